The topological polar surface area (TPSA) is 95.1 Å². The number of piperazine rings is 1. The molecule has 2 saturated heterocycles. The Kier molecular flexibility index (Phi) is 7.07. The van der Waals surface area contributed by atoms with Crippen LogP contribution >= 0.6 is 0 Å². The maximum absolute atomic E-state index is 12.7. The van der Waals surface area contributed by atoms with Gasteiger partial charge in [0.25, 0.3) is 5.91 Å². The van der Waals surface area contributed by atoms with Gasteiger partial charge < -0.3 is 19.9 Å². The number of amides is 4. The standard InChI is InChI=1S/C24H29N5O4/c1-33-19-7-5-18(6-8-19)11-13-29-23(31)20(26-24(29)32)9-10-22(30)28-16-14-27(15-17-28)21-4-2-3-12-25-21/h2-8,12,20H,9-11,13-17H2,1H3,(H,26,32)/t20-/m1/s1. The van der Waals surface area contributed by atoms with E-state index in [1.807, 2.05) is 47.4 Å². The van der Waals surface area contributed by atoms with Crippen molar-refractivity contribution < 1.29 is 19.1 Å². The molecule has 2 aliphatic rings. The molecule has 0 unspecified atom stereocenters. The van der Waals surface area contributed by atoms with Crippen LogP contribution in [0.4, 0.5) is 10.6 Å². The lowest BCUT2D eigenvalue weighted by atomic mass is 10.1. The predicted octanol–water partition coefficient (Wildman–Crippen LogP) is 1.68. The molecule has 9 heteroatoms. The minimum absolute atomic E-state index is 0.00871. The number of urea groups is 1. The summed E-state index contributed by atoms with van der Waals surface area (Å²) in [5, 5.41) is 2.73. The van der Waals surface area contributed by atoms with Crippen LogP contribution in [-0.2, 0) is 16.0 Å². The van der Waals surface area contributed by atoms with Crippen molar-refractivity contribution in [3.8, 4) is 5.75 Å². The van der Waals surface area contributed by atoms with Crippen molar-refractivity contribution in [3.05, 3.63) is 54.2 Å². The molecule has 1 N–H and O–H groups in total. The molecule has 1 aromatic heterocycles. The number of aromatic nitrogens is 1. The first-order valence-electron chi connectivity index (χ1n) is 11.2. The fraction of sp³-hybridized carbons (Fsp3) is 0.417. The second kappa shape index (κ2) is 10.3. The quantitative estimate of drug-likeness (QED) is 0.614. The fourth-order valence-corrected chi connectivity index (χ4v) is 4.17. The molecular formula is C24H29N5O4. The van der Waals surface area contributed by atoms with Gasteiger partial charge in [-0.25, -0.2) is 9.78 Å². The summed E-state index contributed by atoms with van der Waals surface area (Å²) in [5.74, 6) is 1.42. The molecule has 0 saturated carbocycles. The summed E-state index contributed by atoms with van der Waals surface area (Å²) in [7, 11) is 1.61. The molecule has 174 valence electrons. The van der Waals surface area contributed by atoms with Crippen molar-refractivity contribution >= 4 is 23.7 Å². The number of hydrogen-bond acceptors (Lipinski definition) is 6. The summed E-state index contributed by atoms with van der Waals surface area (Å²) >= 11 is 0. The number of methoxy groups -OCH3 is 1. The number of ether oxygens (including phenoxy) is 1. The van der Waals surface area contributed by atoms with Gasteiger partial charge in [-0.2, -0.15) is 0 Å². The van der Waals surface area contributed by atoms with Gasteiger partial charge in [0.2, 0.25) is 5.91 Å². The molecule has 2 aromatic rings. The lowest BCUT2D eigenvalue weighted by molar-refractivity contribution is -0.132. The van der Waals surface area contributed by atoms with E-state index in [0.717, 1.165) is 30.2 Å². The van der Waals surface area contributed by atoms with E-state index >= 15 is 0 Å². The minimum Gasteiger partial charge on any atom is -0.497 e. The van der Waals surface area contributed by atoms with E-state index in [1.165, 1.54) is 4.90 Å². The van der Waals surface area contributed by atoms with Gasteiger partial charge in [-0.05, 0) is 42.7 Å². The first-order valence-corrected chi connectivity index (χ1v) is 11.2. The Hall–Kier alpha value is -3.62. The average molecular weight is 452 g/mol. The van der Waals surface area contributed by atoms with E-state index < -0.39 is 12.1 Å². The van der Waals surface area contributed by atoms with Gasteiger partial charge in [-0.15, -0.1) is 0 Å². The Morgan fingerprint density at radius 3 is 2.52 bits per heavy atom. The average Bonchev–Trinajstić information content (AvgIpc) is 3.14. The summed E-state index contributed by atoms with van der Waals surface area (Å²) in [5.41, 5.74) is 1.01. The minimum atomic E-state index is -0.646. The van der Waals surface area contributed by atoms with Crippen LogP contribution in [-0.4, -0.2) is 78.5 Å². The number of pyridine rings is 1. The Labute approximate surface area is 193 Å². The number of anilines is 1. The lowest BCUT2D eigenvalue weighted by Gasteiger charge is -2.35. The number of carbonyl (C=O) groups is 3. The van der Waals surface area contributed by atoms with Crippen LogP contribution in [0.15, 0.2) is 48.7 Å². The Balaban J connectivity index is 1.22. The van der Waals surface area contributed by atoms with E-state index in [4.69, 9.17) is 4.74 Å². The zero-order chi connectivity index (χ0) is 23.2. The molecule has 0 radical (unpaired) electrons. The zero-order valence-corrected chi connectivity index (χ0v) is 18.8. The summed E-state index contributed by atoms with van der Waals surface area (Å²) in [6, 6.07) is 12.3. The monoisotopic (exact) mass is 451 g/mol. The van der Waals surface area contributed by atoms with Crippen LogP contribution < -0.4 is 15.0 Å². The summed E-state index contributed by atoms with van der Waals surface area (Å²) in [6.07, 6.45) is 2.87. The molecule has 0 spiro atoms. The van der Waals surface area contributed by atoms with Crippen LogP contribution in [0.2, 0.25) is 0 Å². The first-order chi connectivity index (χ1) is 16.0. The van der Waals surface area contributed by atoms with Crippen molar-refractivity contribution in [2.24, 2.45) is 0 Å². The summed E-state index contributed by atoms with van der Waals surface area (Å²) in [6.45, 7) is 2.99. The number of nitrogens with zero attached hydrogens (tertiary/aromatic N) is 4. The molecule has 1 aromatic carbocycles. The third-order valence-electron chi connectivity index (χ3n) is 6.14. The van der Waals surface area contributed by atoms with Crippen molar-refractivity contribution in [2.75, 3.05) is 44.7 Å². The molecule has 0 bridgehead atoms. The number of benzene rings is 1. The van der Waals surface area contributed by atoms with Crippen molar-refractivity contribution in [3.63, 3.8) is 0 Å². The largest absolute Gasteiger partial charge is 0.497 e. The number of rotatable bonds is 8. The zero-order valence-electron chi connectivity index (χ0n) is 18.8. The van der Waals surface area contributed by atoms with Crippen molar-refractivity contribution in [1.82, 2.24) is 20.1 Å². The fourth-order valence-electron chi connectivity index (χ4n) is 4.17. The summed E-state index contributed by atoms with van der Waals surface area (Å²) in [4.78, 5) is 47.3. The van der Waals surface area contributed by atoms with Crippen molar-refractivity contribution in [2.45, 2.75) is 25.3 Å². The number of imide groups is 1. The van der Waals surface area contributed by atoms with Crippen LogP contribution in [0.1, 0.15) is 18.4 Å². The summed E-state index contributed by atoms with van der Waals surface area (Å²) < 4.78 is 5.15. The second-order valence-electron chi connectivity index (χ2n) is 8.18. The normalized spacial score (nSPS) is 18.5. The second-order valence-corrected chi connectivity index (χ2v) is 8.18. The first kappa shape index (κ1) is 22.6. The lowest BCUT2D eigenvalue weighted by Crippen LogP contribution is -2.49. The van der Waals surface area contributed by atoms with Crippen molar-refractivity contribution in [1.29, 1.82) is 0 Å². The smallest absolute Gasteiger partial charge is 0.324 e. The van der Waals surface area contributed by atoms with E-state index in [2.05, 4.69) is 15.2 Å². The predicted molar refractivity (Wildman–Crippen MR) is 123 cm³/mol. The van der Waals surface area contributed by atoms with E-state index in [9.17, 15) is 14.4 Å². The molecular weight excluding hydrogens is 422 g/mol. The van der Waals surface area contributed by atoms with Crippen LogP contribution in [0.5, 0.6) is 5.75 Å². The SMILES string of the molecule is COc1ccc(CCN2C(=O)N[C@H](CCC(=O)N3CCN(c4ccccn4)CC3)C2=O)cc1. The van der Waals surface area contributed by atoms with Gasteiger partial charge in [-0.3, -0.25) is 14.5 Å². The van der Waals surface area contributed by atoms with Gasteiger partial charge in [0.1, 0.15) is 17.6 Å². The van der Waals surface area contributed by atoms with Gasteiger partial charge in [0.15, 0.2) is 0 Å². The molecule has 9 nitrogen and oxygen atoms in total. The number of carbonyl (C=O) groups excluding carboxylic acids is 3. The Morgan fingerprint density at radius 1 is 1.09 bits per heavy atom. The Morgan fingerprint density at radius 2 is 1.85 bits per heavy atom. The molecule has 2 aliphatic heterocycles. The van der Waals surface area contributed by atoms with E-state index in [-0.39, 0.29) is 18.2 Å². The van der Waals surface area contributed by atoms with Crippen LogP contribution in [0, 0.1) is 0 Å². The van der Waals surface area contributed by atoms with Gasteiger partial charge >= 0.3 is 6.03 Å². The maximum atomic E-state index is 12.7. The highest BCUT2D eigenvalue weighted by Crippen LogP contribution is 2.17. The van der Waals surface area contributed by atoms with Crippen LogP contribution in [0.25, 0.3) is 0 Å². The molecule has 0 aliphatic carbocycles. The van der Waals surface area contributed by atoms with Gasteiger partial charge in [0, 0.05) is 45.3 Å². The van der Waals surface area contributed by atoms with E-state index in [0.29, 0.717) is 32.5 Å². The molecule has 33 heavy (non-hydrogen) atoms. The molecule has 4 rings (SSSR count). The highest BCUT2D eigenvalue weighted by molar-refractivity contribution is 6.04. The molecule has 1 atom stereocenters. The molecule has 3 heterocycles. The van der Waals surface area contributed by atoms with Crippen LogP contribution in [0.3, 0.4) is 0 Å². The highest BCUT2D eigenvalue weighted by Gasteiger charge is 2.37. The van der Waals surface area contributed by atoms with Gasteiger partial charge in [-0.1, -0.05) is 18.2 Å². The third-order valence-corrected chi connectivity index (χ3v) is 6.14. The maximum Gasteiger partial charge on any atom is 0.324 e. The molecule has 2 fully saturated rings. The van der Waals surface area contributed by atoms with E-state index in [1.54, 1.807) is 13.3 Å². The Bertz CT molecular complexity index is 974. The highest BCUT2D eigenvalue weighted by atomic mass is 16.5. The number of hydrogen-bond donors (Lipinski definition) is 1. The number of nitrogens with one attached hydrogen (secondary N) is 1. The van der Waals surface area contributed by atoms with Gasteiger partial charge in [0.05, 0.1) is 7.11 Å². The molecule has 4 amide bonds. The third kappa shape index (κ3) is 5.42.